The van der Waals surface area contributed by atoms with Crippen molar-refractivity contribution in [1.82, 2.24) is 0 Å². The molecule has 0 unspecified atom stereocenters. The zero-order chi connectivity index (χ0) is 3.41. The number of hydrogen-bond acceptors (Lipinski definition) is 0. The van der Waals surface area contributed by atoms with Crippen molar-refractivity contribution in [1.29, 1.82) is 0 Å². The molecule has 0 aliphatic heterocycles. The number of alkyl halides is 2. The summed E-state index contributed by atoms with van der Waals surface area (Å²) in [6.07, 6.45) is 0. The second-order valence-corrected chi connectivity index (χ2v) is 1.13. The molecule has 0 rings (SSSR count). The average molecular weight is 115 g/mol. The number of rotatable bonds is 1. The van der Waals surface area contributed by atoms with Gasteiger partial charge in [-0.25, -0.2) is 0 Å². The molecule has 0 spiro atoms. The Morgan fingerprint density at radius 1 is 1.00 bits per heavy atom. The van der Waals surface area contributed by atoms with E-state index in [-0.39, 0.29) is 7.43 Å². The highest BCUT2D eigenvalue weighted by atomic mass is 35.5. The third kappa shape index (κ3) is 12.2. The standard InChI is InChI=1S/C2H4Cl2.CH4/c3-1-2-4;/h1-2H2;1H4. The first-order valence-corrected chi connectivity index (χ1v) is 2.10. The Hall–Kier alpha value is 0.580. The fraction of sp³-hybridized carbons (Fsp3) is 1.00. The minimum absolute atomic E-state index is 0. The fourth-order valence-corrected chi connectivity index (χ4v) is 0. The summed E-state index contributed by atoms with van der Waals surface area (Å²) in [6, 6.07) is 0. The predicted octanol–water partition coefficient (Wildman–Crippen LogP) is 2.10. The van der Waals surface area contributed by atoms with Gasteiger partial charge in [-0.05, 0) is 0 Å². The second kappa shape index (κ2) is 8.82. The summed E-state index contributed by atoms with van der Waals surface area (Å²) in [5.74, 6) is 1.11. The lowest BCUT2D eigenvalue weighted by Crippen LogP contribution is -1.63. The Morgan fingerprint density at radius 3 is 1.20 bits per heavy atom. The van der Waals surface area contributed by atoms with E-state index in [4.69, 9.17) is 23.2 Å². The molecule has 0 amide bonds. The van der Waals surface area contributed by atoms with Gasteiger partial charge in [0, 0.05) is 11.8 Å². The van der Waals surface area contributed by atoms with E-state index in [9.17, 15) is 0 Å². The van der Waals surface area contributed by atoms with E-state index >= 15 is 0 Å². The average Bonchev–Trinajstić information content (AvgIpc) is 1.37. The van der Waals surface area contributed by atoms with Crippen molar-refractivity contribution in [2.75, 3.05) is 11.8 Å². The lowest BCUT2D eigenvalue weighted by Gasteiger charge is -1.63. The van der Waals surface area contributed by atoms with Crippen LogP contribution in [-0.4, -0.2) is 11.8 Å². The largest absolute Gasteiger partial charge is 0.125 e. The van der Waals surface area contributed by atoms with E-state index in [0.29, 0.717) is 11.8 Å². The van der Waals surface area contributed by atoms with Gasteiger partial charge in [-0.15, -0.1) is 23.2 Å². The smallest absolute Gasteiger partial charge is 0.0359 e. The highest BCUT2D eigenvalue weighted by Crippen LogP contribution is 1.75. The van der Waals surface area contributed by atoms with Gasteiger partial charge in [0.05, 0.1) is 0 Å². The molecule has 0 N–H and O–H groups in total. The minimum Gasteiger partial charge on any atom is -0.125 e. The van der Waals surface area contributed by atoms with Crippen LogP contribution in [0.25, 0.3) is 0 Å². The fourth-order valence-electron chi connectivity index (χ4n) is 0. The molecule has 0 aromatic rings. The Labute approximate surface area is 43.1 Å². The van der Waals surface area contributed by atoms with Crippen LogP contribution in [0.3, 0.4) is 0 Å². The molecule has 2 heteroatoms. The van der Waals surface area contributed by atoms with Crippen molar-refractivity contribution in [3.8, 4) is 0 Å². The van der Waals surface area contributed by atoms with Crippen molar-refractivity contribution in [2.24, 2.45) is 0 Å². The molecule has 0 bridgehead atoms. The molecule has 0 aromatic carbocycles. The maximum atomic E-state index is 5.05. The molecule has 34 valence electrons. The molecule has 0 aromatic heterocycles. The molecular formula is C3H8Cl2. The summed E-state index contributed by atoms with van der Waals surface area (Å²) >= 11 is 10.1. The van der Waals surface area contributed by atoms with Crippen LogP contribution >= 0.6 is 23.2 Å². The Balaban J connectivity index is 0. The first kappa shape index (κ1) is 9.13. The van der Waals surface area contributed by atoms with Crippen LogP contribution in [0.15, 0.2) is 0 Å². The van der Waals surface area contributed by atoms with Crippen molar-refractivity contribution in [3.63, 3.8) is 0 Å². The van der Waals surface area contributed by atoms with Gasteiger partial charge in [-0.2, -0.15) is 0 Å². The zero-order valence-electron chi connectivity index (χ0n) is 2.17. The van der Waals surface area contributed by atoms with E-state index in [0.717, 1.165) is 0 Å². The van der Waals surface area contributed by atoms with Crippen molar-refractivity contribution >= 4 is 23.2 Å². The first-order chi connectivity index (χ1) is 1.91. The van der Waals surface area contributed by atoms with Gasteiger partial charge in [0.2, 0.25) is 0 Å². The van der Waals surface area contributed by atoms with E-state index in [1.165, 1.54) is 0 Å². The van der Waals surface area contributed by atoms with Crippen LogP contribution < -0.4 is 0 Å². The van der Waals surface area contributed by atoms with Crippen molar-refractivity contribution in [2.45, 2.75) is 7.43 Å². The van der Waals surface area contributed by atoms with Gasteiger partial charge in [-0.3, -0.25) is 0 Å². The highest BCUT2D eigenvalue weighted by molar-refractivity contribution is 6.25. The molecule has 0 atom stereocenters. The van der Waals surface area contributed by atoms with Gasteiger partial charge >= 0.3 is 0 Å². The predicted molar refractivity (Wildman–Crippen MR) is 28.2 cm³/mol. The maximum absolute atomic E-state index is 5.05. The lowest BCUT2D eigenvalue weighted by atomic mass is 11.0. The summed E-state index contributed by atoms with van der Waals surface area (Å²) in [5, 5.41) is 0. The topological polar surface area (TPSA) is 0 Å². The summed E-state index contributed by atoms with van der Waals surface area (Å²) in [7, 11) is 0. The Kier molecular flexibility index (Phi) is 16.1. The van der Waals surface area contributed by atoms with Crippen LogP contribution in [0.2, 0.25) is 0 Å². The molecule has 0 saturated carbocycles. The monoisotopic (exact) mass is 114 g/mol. The number of halogens is 2. The summed E-state index contributed by atoms with van der Waals surface area (Å²) in [6.45, 7) is 0. The van der Waals surface area contributed by atoms with Gasteiger partial charge in [0.15, 0.2) is 0 Å². The van der Waals surface area contributed by atoms with Crippen LogP contribution in [0.1, 0.15) is 7.43 Å². The Bertz CT molecular complexity index is 6.85. The summed E-state index contributed by atoms with van der Waals surface area (Å²) in [5.41, 5.74) is 0. The molecule has 0 aliphatic carbocycles. The van der Waals surface area contributed by atoms with Crippen molar-refractivity contribution in [3.05, 3.63) is 0 Å². The Morgan fingerprint density at radius 2 is 1.20 bits per heavy atom. The molecule has 0 nitrogen and oxygen atoms in total. The lowest BCUT2D eigenvalue weighted by molar-refractivity contribution is 1.52. The third-order valence-electron chi connectivity index (χ3n) is 0.0714. The second-order valence-electron chi connectivity index (χ2n) is 0.378. The van der Waals surface area contributed by atoms with Gasteiger partial charge in [-0.1, -0.05) is 7.43 Å². The molecule has 0 fully saturated rings. The molecule has 0 aliphatic rings. The maximum Gasteiger partial charge on any atom is 0.0359 e. The molecule has 0 radical (unpaired) electrons. The van der Waals surface area contributed by atoms with Crippen LogP contribution in [0, 0.1) is 0 Å². The highest BCUT2D eigenvalue weighted by Gasteiger charge is 1.61. The minimum atomic E-state index is 0. The van der Waals surface area contributed by atoms with Crippen LogP contribution in [-0.2, 0) is 0 Å². The van der Waals surface area contributed by atoms with Crippen LogP contribution in [0.4, 0.5) is 0 Å². The van der Waals surface area contributed by atoms with Gasteiger partial charge < -0.3 is 0 Å². The molecular weight excluding hydrogens is 107 g/mol. The van der Waals surface area contributed by atoms with E-state index in [2.05, 4.69) is 0 Å². The van der Waals surface area contributed by atoms with Crippen LogP contribution in [0.5, 0.6) is 0 Å². The SMILES string of the molecule is C.ClCCCl. The van der Waals surface area contributed by atoms with Gasteiger partial charge in [0.25, 0.3) is 0 Å². The summed E-state index contributed by atoms with van der Waals surface area (Å²) < 4.78 is 0. The van der Waals surface area contributed by atoms with Crippen molar-refractivity contribution < 1.29 is 0 Å². The molecule has 0 saturated heterocycles. The summed E-state index contributed by atoms with van der Waals surface area (Å²) in [4.78, 5) is 0. The van der Waals surface area contributed by atoms with E-state index < -0.39 is 0 Å². The van der Waals surface area contributed by atoms with E-state index in [1.54, 1.807) is 0 Å². The van der Waals surface area contributed by atoms with Gasteiger partial charge in [0.1, 0.15) is 0 Å². The number of hydrogen-bond donors (Lipinski definition) is 0. The normalized spacial score (nSPS) is 6.00. The first-order valence-electron chi connectivity index (χ1n) is 1.03. The molecule has 0 heterocycles. The quantitative estimate of drug-likeness (QED) is 0.459. The zero-order valence-corrected chi connectivity index (χ0v) is 3.68. The van der Waals surface area contributed by atoms with E-state index in [1.807, 2.05) is 0 Å². The third-order valence-corrected chi connectivity index (χ3v) is 0.643. The molecule has 5 heavy (non-hydrogen) atoms.